The molecule has 1 aliphatic heterocycles. The molecule has 1 aliphatic rings. The van der Waals surface area contributed by atoms with E-state index in [0.717, 1.165) is 11.2 Å². The second-order valence-corrected chi connectivity index (χ2v) is 3.10. The van der Waals surface area contributed by atoms with Gasteiger partial charge >= 0.3 is 66.9 Å². The molecule has 0 atom stereocenters. The first-order chi connectivity index (χ1) is 4.88. The molecule has 0 N–H and O–H groups in total. The van der Waals surface area contributed by atoms with Crippen molar-refractivity contribution in [1.29, 1.82) is 0 Å². The summed E-state index contributed by atoms with van der Waals surface area (Å²) >= 11 is 2.45. The van der Waals surface area contributed by atoms with Crippen LogP contribution >= 0.6 is 0 Å². The van der Waals surface area contributed by atoms with E-state index < -0.39 is 0 Å². The van der Waals surface area contributed by atoms with Gasteiger partial charge in [-0.3, -0.25) is 0 Å². The van der Waals surface area contributed by atoms with Gasteiger partial charge in [0.25, 0.3) is 0 Å². The summed E-state index contributed by atoms with van der Waals surface area (Å²) in [6.45, 7) is 0.736. The number of fused-ring (bicyclic) bond motifs is 1. The summed E-state index contributed by atoms with van der Waals surface area (Å²) in [5, 5.41) is 0. The van der Waals surface area contributed by atoms with Crippen LogP contribution < -0.4 is 0 Å². The molecule has 0 saturated heterocycles. The zero-order valence-electron chi connectivity index (χ0n) is 5.37. The fourth-order valence-corrected chi connectivity index (χ4v) is 1.67. The zero-order chi connectivity index (χ0) is 6.97. The first kappa shape index (κ1) is 6.29. The summed E-state index contributed by atoms with van der Waals surface area (Å²) in [6.07, 6.45) is 0. The molecule has 0 bridgehead atoms. The Morgan fingerprint density at radius 2 is 2.10 bits per heavy atom. The predicted octanol–water partition coefficient (Wildman–Crippen LogP) is 0.596. The summed E-state index contributed by atoms with van der Waals surface area (Å²) < 4.78 is 6.30. The fourth-order valence-electron chi connectivity index (χ4n) is 1.08. The van der Waals surface area contributed by atoms with Gasteiger partial charge < -0.3 is 0 Å². The standard InChI is InChI=1S/C8H7OSe/c10-8-7-4-2-1-3-6(7)5-9-8/h1-4,10H,5H2. The van der Waals surface area contributed by atoms with E-state index in [1.807, 2.05) is 12.1 Å². The van der Waals surface area contributed by atoms with Gasteiger partial charge in [0.05, 0.1) is 0 Å². The molecule has 2 heteroatoms. The molecule has 0 amide bonds. The van der Waals surface area contributed by atoms with Crippen molar-refractivity contribution in [3.8, 4) is 0 Å². The first-order valence-corrected chi connectivity index (χ1v) is 4.09. The van der Waals surface area contributed by atoms with Crippen LogP contribution in [0.4, 0.5) is 0 Å². The molecule has 0 aromatic heterocycles. The van der Waals surface area contributed by atoms with E-state index in [-0.39, 0.29) is 0 Å². The monoisotopic (exact) mass is 199 g/mol. The van der Waals surface area contributed by atoms with E-state index in [1.54, 1.807) is 0 Å². The number of hydrogen-bond donors (Lipinski definition) is 0. The number of ether oxygens (including phenoxy) is 1. The summed E-state index contributed by atoms with van der Waals surface area (Å²) in [7, 11) is 0. The van der Waals surface area contributed by atoms with Crippen molar-refractivity contribution >= 4 is 20.2 Å². The van der Waals surface area contributed by atoms with Crippen molar-refractivity contribution < 1.29 is 4.74 Å². The Hall–Kier alpha value is -0.431. The summed E-state index contributed by atoms with van der Waals surface area (Å²) in [5.41, 5.74) is 2.53. The summed E-state index contributed by atoms with van der Waals surface area (Å²) in [4.78, 5) is 0. The van der Waals surface area contributed by atoms with Crippen LogP contribution in [0, 0.1) is 0 Å². The average molecular weight is 198 g/mol. The van der Waals surface area contributed by atoms with E-state index in [0.29, 0.717) is 0 Å². The number of benzene rings is 1. The molecule has 1 aromatic rings. The molecule has 0 saturated carbocycles. The van der Waals surface area contributed by atoms with Crippen LogP contribution in [0.15, 0.2) is 24.3 Å². The van der Waals surface area contributed by atoms with Crippen LogP contribution in [-0.2, 0) is 11.3 Å². The van der Waals surface area contributed by atoms with Crippen LogP contribution in [0.1, 0.15) is 11.1 Å². The Bertz CT molecular complexity index is 280. The Morgan fingerprint density at radius 3 is 2.90 bits per heavy atom. The van der Waals surface area contributed by atoms with Gasteiger partial charge in [0.2, 0.25) is 0 Å². The van der Waals surface area contributed by atoms with Gasteiger partial charge in [0.1, 0.15) is 0 Å². The van der Waals surface area contributed by atoms with Crippen molar-refractivity contribution in [3.05, 3.63) is 35.4 Å². The van der Waals surface area contributed by atoms with Gasteiger partial charge in [-0.25, -0.2) is 0 Å². The fraction of sp³-hybridized carbons (Fsp3) is 0.125. The number of hydrogen-bond acceptors (Lipinski definition) is 1. The Balaban J connectivity index is 2.61. The molecule has 1 aromatic carbocycles. The van der Waals surface area contributed by atoms with E-state index in [4.69, 9.17) is 4.74 Å². The van der Waals surface area contributed by atoms with E-state index in [9.17, 15) is 0 Å². The minimum absolute atomic E-state index is 0.736. The van der Waals surface area contributed by atoms with E-state index in [1.165, 1.54) is 11.1 Å². The maximum absolute atomic E-state index is 5.31. The van der Waals surface area contributed by atoms with Gasteiger partial charge in [-0.2, -0.15) is 0 Å². The first-order valence-electron chi connectivity index (χ1n) is 3.15. The molecule has 51 valence electrons. The molecule has 0 spiro atoms. The second-order valence-electron chi connectivity index (χ2n) is 2.25. The molecule has 1 nitrogen and oxygen atoms in total. The van der Waals surface area contributed by atoms with Gasteiger partial charge in [0.15, 0.2) is 0 Å². The van der Waals surface area contributed by atoms with Crippen molar-refractivity contribution in [3.63, 3.8) is 0 Å². The van der Waals surface area contributed by atoms with Crippen molar-refractivity contribution in [2.75, 3.05) is 0 Å². The normalized spacial score (nSPS) is 15.4. The average Bonchev–Trinajstić information content (AvgIpc) is 2.34. The third kappa shape index (κ3) is 0.853. The molecule has 0 unspecified atom stereocenters. The van der Waals surface area contributed by atoms with Gasteiger partial charge in [0, 0.05) is 0 Å². The van der Waals surface area contributed by atoms with Crippen molar-refractivity contribution in [1.82, 2.24) is 0 Å². The van der Waals surface area contributed by atoms with Crippen LogP contribution in [0.2, 0.25) is 0 Å². The third-order valence-electron chi connectivity index (χ3n) is 1.61. The quantitative estimate of drug-likeness (QED) is 0.554. The second kappa shape index (κ2) is 2.31. The molecule has 10 heavy (non-hydrogen) atoms. The van der Waals surface area contributed by atoms with Gasteiger partial charge in [-0.1, -0.05) is 0 Å². The molecule has 1 radical (unpaired) electrons. The molecule has 0 fully saturated rings. The maximum atomic E-state index is 5.31. The predicted molar refractivity (Wildman–Crippen MR) is 42.5 cm³/mol. The molecule has 2 rings (SSSR count). The van der Waals surface area contributed by atoms with Crippen LogP contribution in [-0.4, -0.2) is 20.2 Å². The molecular weight excluding hydrogens is 191 g/mol. The Morgan fingerprint density at radius 1 is 1.30 bits per heavy atom. The summed E-state index contributed by atoms with van der Waals surface area (Å²) in [5.74, 6) is 0. The molecule has 0 aliphatic carbocycles. The van der Waals surface area contributed by atoms with E-state index in [2.05, 4.69) is 27.7 Å². The van der Waals surface area contributed by atoms with Crippen molar-refractivity contribution in [2.45, 2.75) is 6.61 Å². The Kier molecular flexibility index (Phi) is 1.46. The summed E-state index contributed by atoms with van der Waals surface area (Å²) in [6, 6.07) is 8.24. The van der Waals surface area contributed by atoms with Crippen LogP contribution in [0.5, 0.6) is 0 Å². The molecule has 1 heterocycles. The van der Waals surface area contributed by atoms with Crippen LogP contribution in [0.25, 0.3) is 0 Å². The van der Waals surface area contributed by atoms with Gasteiger partial charge in [-0.15, -0.1) is 0 Å². The number of rotatable bonds is 0. The zero-order valence-corrected chi connectivity index (χ0v) is 7.25. The van der Waals surface area contributed by atoms with Crippen molar-refractivity contribution in [2.24, 2.45) is 0 Å². The van der Waals surface area contributed by atoms with E-state index >= 15 is 0 Å². The topological polar surface area (TPSA) is 9.23 Å². The van der Waals surface area contributed by atoms with Gasteiger partial charge in [-0.05, 0) is 0 Å². The Labute approximate surface area is 67.4 Å². The third-order valence-corrected chi connectivity index (χ3v) is 2.39. The molecular formula is C8H7OSe. The minimum atomic E-state index is 0.736. The SMILES string of the molecule is [SeH]=C1OCc2ccccc21. The van der Waals surface area contributed by atoms with Crippen LogP contribution in [0.3, 0.4) is 0 Å².